The predicted octanol–water partition coefficient (Wildman–Crippen LogP) is 0.894. The van der Waals surface area contributed by atoms with Crippen LogP contribution in [-0.4, -0.2) is 34.9 Å². The van der Waals surface area contributed by atoms with Crippen LogP contribution >= 0.6 is 0 Å². The van der Waals surface area contributed by atoms with Crippen LogP contribution < -0.4 is 11.1 Å². The molecule has 0 radical (unpaired) electrons. The highest BCUT2D eigenvalue weighted by atomic mass is 19.1. The maximum Gasteiger partial charge on any atom is 0.168 e. The van der Waals surface area contributed by atoms with E-state index in [-0.39, 0.29) is 24.3 Å². The summed E-state index contributed by atoms with van der Waals surface area (Å²) in [5.74, 6) is -2.32. The molecule has 0 aromatic carbocycles. The van der Waals surface area contributed by atoms with Crippen molar-refractivity contribution in [3.05, 3.63) is 17.7 Å². The van der Waals surface area contributed by atoms with Crippen LogP contribution in [0, 0.1) is 11.6 Å². The Morgan fingerprint density at radius 1 is 1.61 bits per heavy atom. The van der Waals surface area contributed by atoms with Gasteiger partial charge in [0.15, 0.2) is 23.3 Å². The highest BCUT2D eigenvalue weighted by Crippen LogP contribution is 2.26. The van der Waals surface area contributed by atoms with Crippen molar-refractivity contribution in [3.8, 4) is 0 Å². The monoisotopic (exact) mass is 259 g/mol. The van der Waals surface area contributed by atoms with Crippen molar-refractivity contribution in [2.45, 2.75) is 25.0 Å². The molecule has 0 spiro atoms. The van der Waals surface area contributed by atoms with Crippen LogP contribution in [-0.2, 0) is 4.74 Å². The van der Waals surface area contributed by atoms with Crippen molar-refractivity contribution in [2.75, 3.05) is 24.2 Å². The standard InChI is InChI=1S/C11H15F2N3O2/c1-6-11(17,2-3-18-6)5-15-10-8(13)4-7(12)9(14)16-10/h4,6,17H,2-3,5H2,1H3,(H3,14,15,16). The SMILES string of the molecule is CC1OCCC1(O)CNc1nc(N)c(F)cc1F. The van der Waals surface area contributed by atoms with Gasteiger partial charge in [0.05, 0.1) is 6.10 Å². The number of aliphatic hydroxyl groups is 1. The predicted molar refractivity (Wildman–Crippen MR) is 62.0 cm³/mol. The number of nitrogens with two attached hydrogens (primary N) is 1. The average molecular weight is 259 g/mol. The molecule has 2 unspecified atom stereocenters. The molecule has 1 aliphatic heterocycles. The minimum absolute atomic E-state index is 0.0587. The molecule has 2 heterocycles. The van der Waals surface area contributed by atoms with Crippen molar-refractivity contribution >= 4 is 11.6 Å². The van der Waals surface area contributed by atoms with E-state index < -0.39 is 17.2 Å². The molecule has 1 fully saturated rings. The molecule has 2 rings (SSSR count). The Kier molecular flexibility index (Phi) is 3.36. The minimum Gasteiger partial charge on any atom is -0.385 e. The number of halogens is 2. The molecule has 1 aromatic heterocycles. The molecular formula is C11H15F2N3O2. The van der Waals surface area contributed by atoms with E-state index in [9.17, 15) is 13.9 Å². The van der Waals surface area contributed by atoms with E-state index in [0.717, 1.165) is 0 Å². The van der Waals surface area contributed by atoms with Gasteiger partial charge >= 0.3 is 0 Å². The van der Waals surface area contributed by atoms with Crippen LogP contribution in [0.2, 0.25) is 0 Å². The molecule has 0 saturated carbocycles. The summed E-state index contributed by atoms with van der Waals surface area (Å²) in [6.45, 7) is 2.24. The Morgan fingerprint density at radius 2 is 2.33 bits per heavy atom. The zero-order valence-corrected chi connectivity index (χ0v) is 9.91. The maximum absolute atomic E-state index is 13.4. The topological polar surface area (TPSA) is 80.4 Å². The number of ether oxygens (including phenoxy) is 1. The molecule has 0 aliphatic carbocycles. The van der Waals surface area contributed by atoms with Gasteiger partial charge in [-0.1, -0.05) is 0 Å². The van der Waals surface area contributed by atoms with Gasteiger partial charge in [0.1, 0.15) is 5.60 Å². The lowest BCUT2D eigenvalue weighted by Crippen LogP contribution is -2.43. The summed E-state index contributed by atoms with van der Waals surface area (Å²) in [4.78, 5) is 3.55. The number of hydrogen-bond donors (Lipinski definition) is 3. The fourth-order valence-electron chi connectivity index (χ4n) is 1.84. The Hall–Kier alpha value is -1.47. The Labute approximate surface area is 103 Å². The van der Waals surface area contributed by atoms with Gasteiger partial charge in [-0.3, -0.25) is 0 Å². The van der Waals surface area contributed by atoms with Crippen molar-refractivity contribution < 1.29 is 18.6 Å². The first-order chi connectivity index (χ1) is 8.42. The number of pyridine rings is 1. The molecule has 7 heteroatoms. The van der Waals surface area contributed by atoms with Gasteiger partial charge < -0.3 is 20.9 Å². The second kappa shape index (κ2) is 4.66. The number of nitrogen functional groups attached to an aromatic ring is 1. The van der Waals surface area contributed by atoms with Gasteiger partial charge in [0.2, 0.25) is 0 Å². The highest BCUT2D eigenvalue weighted by molar-refractivity contribution is 5.45. The minimum atomic E-state index is -1.09. The zero-order valence-electron chi connectivity index (χ0n) is 9.91. The van der Waals surface area contributed by atoms with E-state index in [1.807, 2.05) is 0 Å². The fraction of sp³-hybridized carbons (Fsp3) is 0.545. The number of hydrogen-bond acceptors (Lipinski definition) is 5. The third-order valence-electron chi connectivity index (χ3n) is 3.18. The smallest absolute Gasteiger partial charge is 0.168 e. The number of nitrogens with one attached hydrogen (secondary N) is 1. The number of aromatic nitrogens is 1. The second-order valence-corrected chi connectivity index (χ2v) is 4.41. The Balaban J connectivity index is 2.09. The van der Waals surface area contributed by atoms with Crippen LogP contribution in [0.5, 0.6) is 0 Å². The van der Waals surface area contributed by atoms with E-state index >= 15 is 0 Å². The molecule has 4 N–H and O–H groups in total. The van der Waals surface area contributed by atoms with Crippen molar-refractivity contribution in [1.82, 2.24) is 4.98 Å². The van der Waals surface area contributed by atoms with Crippen LogP contribution in [0.15, 0.2) is 6.07 Å². The fourth-order valence-corrected chi connectivity index (χ4v) is 1.84. The lowest BCUT2D eigenvalue weighted by Gasteiger charge is -2.26. The molecule has 2 atom stereocenters. The third kappa shape index (κ3) is 2.37. The van der Waals surface area contributed by atoms with Gasteiger partial charge in [-0.25, -0.2) is 13.8 Å². The van der Waals surface area contributed by atoms with Gasteiger partial charge in [-0.05, 0) is 6.92 Å². The first-order valence-corrected chi connectivity index (χ1v) is 5.62. The summed E-state index contributed by atoms with van der Waals surface area (Å²) >= 11 is 0. The van der Waals surface area contributed by atoms with Gasteiger partial charge in [-0.2, -0.15) is 0 Å². The normalized spacial score (nSPS) is 27.4. The van der Waals surface area contributed by atoms with E-state index in [2.05, 4.69) is 10.3 Å². The highest BCUT2D eigenvalue weighted by Gasteiger charge is 2.39. The van der Waals surface area contributed by atoms with Gasteiger partial charge in [0.25, 0.3) is 0 Å². The number of rotatable bonds is 3. The van der Waals surface area contributed by atoms with Crippen LogP contribution in [0.25, 0.3) is 0 Å². The van der Waals surface area contributed by atoms with Crippen molar-refractivity contribution in [3.63, 3.8) is 0 Å². The van der Waals surface area contributed by atoms with Crippen molar-refractivity contribution in [1.29, 1.82) is 0 Å². The third-order valence-corrected chi connectivity index (χ3v) is 3.18. The first kappa shape index (κ1) is 13.0. The van der Waals surface area contributed by atoms with Gasteiger partial charge in [0, 0.05) is 25.6 Å². The molecule has 0 bridgehead atoms. The summed E-state index contributed by atoms with van der Waals surface area (Å²) in [5.41, 5.74) is 4.17. The van der Waals surface area contributed by atoms with Crippen LogP contribution in [0.3, 0.4) is 0 Å². The molecule has 100 valence electrons. The zero-order chi connectivity index (χ0) is 13.3. The van der Waals surface area contributed by atoms with Crippen molar-refractivity contribution in [2.24, 2.45) is 0 Å². The molecule has 0 amide bonds. The number of nitrogens with zero attached hydrogens (tertiary/aromatic N) is 1. The second-order valence-electron chi connectivity index (χ2n) is 4.41. The Morgan fingerprint density at radius 3 is 2.94 bits per heavy atom. The van der Waals surface area contributed by atoms with E-state index in [0.29, 0.717) is 19.1 Å². The summed E-state index contributed by atoms with van der Waals surface area (Å²) in [6.07, 6.45) is 0.0882. The largest absolute Gasteiger partial charge is 0.385 e. The summed E-state index contributed by atoms with van der Waals surface area (Å²) in [6, 6.07) is 0.656. The Bertz CT molecular complexity index is 458. The summed E-state index contributed by atoms with van der Waals surface area (Å²) in [7, 11) is 0. The lowest BCUT2D eigenvalue weighted by atomic mass is 9.97. The molecule has 5 nitrogen and oxygen atoms in total. The molecular weight excluding hydrogens is 244 g/mol. The van der Waals surface area contributed by atoms with E-state index in [1.54, 1.807) is 6.92 Å². The summed E-state index contributed by atoms with van der Waals surface area (Å²) < 4.78 is 31.5. The van der Waals surface area contributed by atoms with E-state index in [1.165, 1.54) is 0 Å². The average Bonchev–Trinajstić information content (AvgIpc) is 2.63. The maximum atomic E-state index is 13.4. The first-order valence-electron chi connectivity index (χ1n) is 5.62. The van der Waals surface area contributed by atoms with Gasteiger partial charge in [-0.15, -0.1) is 0 Å². The lowest BCUT2D eigenvalue weighted by molar-refractivity contribution is -0.0176. The number of anilines is 2. The molecule has 1 aromatic rings. The molecule has 18 heavy (non-hydrogen) atoms. The van der Waals surface area contributed by atoms with E-state index in [4.69, 9.17) is 10.5 Å². The molecule has 1 saturated heterocycles. The molecule has 1 aliphatic rings. The quantitative estimate of drug-likeness (QED) is 0.751. The van der Waals surface area contributed by atoms with Crippen LogP contribution in [0.1, 0.15) is 13.3 Å². The van der Waals surface area contributed by atoms with Crippen LogP contribution in [0.4, 0.5) is 20.4 Å². The summed E-state index contributed by atoms with van der Waals surface area (Å²) in [5, 5.41) is 12.8.